The van der Waals surface area contributed by atoms with Crippen molar-refractivity contribution in [2.45, 2.75) is 6.92 Å². The fraction of sp³-hybridized carbons (Fsp3) is 0.0588. The molecule has 0 aliphatic carbocycles. The van der Waals surface area contributed by atoms with Gasteiger partial charge in [-0.25, -0.2) is 0 Å². The molecule has 0 bridgehead atoms. The van der Waals surface area contributed by atoms with Crippen molar-refractivity contribution in [3.05, 3.63) is 71.9 Å². The SMILES string of the molecule is Cc1cn(C=Cc2ccccc2)c2ccccc12. The molecule has 0 N–H and O–H groups in total. The largest absolute Gasteiger partial charge is 0.323 e. The Morgan fingerprint density at radius 3 is 2.44 bits per heavy atom. The molecule has 0 atom stereocenters. The molecule has 0 aliphatic rings. The fourth-order valence-corrected chi connectivity index (χ4v) is 2.23. The summed E-state index contributed by atoms with van der Waals surface area (Å²) in [6.45, 7) is 2.15. The number of hydrogen-bond acceptors (Lipinski definition) is 0. The van der Waals surface area contributed by atoms with E-state index in [1.54, 1.807) is 0 Å². The second-order valence-corrected chi connectivity index (χ2v) is 4.46. The van der Waals surface area contributed by atoms with Gasteiger partial charge in [0.25, 0.3) is 0 Å². The third kappa shape index (κ3) is 1.95. The first-order valence-electron chi connectivity index (χ1n) is 6.14. The molecular formula is C17H15N. The third-order valence-corrected chi connectivity index (χ3v) is 3.17. The minimum absolute atomic E-state index is 1.22. The molecule has 1 heterocycles. The molecule has 1 aromatic heterocycles. The molecular weight excluding hydrogens is 218 g/mol. The zero-order valence-electron chi connectivity index (χ0n) is 10.4. The van der Waals surface area contributed by atoms with Gasteiger partial charge in [-0.2, -0.15) is 0 Å². The Labute approximate surface area is 107 Å². The number of para-hydroxylation sites is 1. The lowest BCUT2D eigenvalue weighted by Crippen LogP contribution is -1.82. The summed E-state index contributed by atoms with van der Waals surface area (Å²) in [6.07, 6.45) is 6.42. The summed E-state index contributed by atoms with van der Waals surface area (Å²) >= 11 is 0. The lowest BCUT2D eigenvalue weighted by atomic mass is 10.2. The van der Waals surface area contributed by atoms with Crippen molar-refractivity contribution < 1.29 is 0 Å². The molecule has 1 nitrogen and oxygen atoms in total. The van der Waals surface area contributed by atoms with Gasteiger partial charge in [0.15, 0.2) is 0 Å². The van der Waals surface area contributed by atoms with E-state index in [1.807, 2.05) is 6.07 Å². The highest BCUT2D eigenvalue weighted by atomic mass is 14.9. The molecule has 0 amide bonds. The summed E-state index contributed by atoms with van der Waals surface area (Å²) in [4.78, 5) is 0. The molecule has 1 heteroatoms. The minimum Gasteiger partial charge on any atom is -0.323 e. The first-order valence-corrected chi connectivity index (χ1v) is 6.14. The van der Waals surface area contributed by atoms with Gasteiger partial charge in [-0.3, -0.25) is 0 Å². The average molecular weight is 233 g/mol. The monoisotopic (exact) mass is 233 g/mol. The standard InChI is InChI=1S/C17H15N/c1-14-13-18(17-10-6-5-9-16(14)17)12-11-15-7-3-2-4-8-15/h2-13H,1H3. The van der Waals surface area contributed by atoms with Crippen LogP contribution >= 0.6 is 0 Å². The maximum atomic E-state index is 2.18. The quantitative estimate of drug-likeness (QED) is 0.610. The van der Waals surface area contributed by atoms with Gasteiger partial charge in [-0.15, -0.1) is 0 Å². The first kappa shape index (κ1) is 10.8. The van der Waals surface area contributed by atoms with Gasteiger partial charge in [0.2, 0.25) is 0 Å². The number of aromatic nitrogens is 1. The van der Waals surface area contributed by atoms with Crippen LogP contribution in [0.25, 0.3) is 23.2 Å². The molecule has 2 aromatic carbocycles. The van der Waals surface area contributed by atoms with E-state index in [0.29, 0.717) is 0 Å². The number of nitrogens with zero attached hydrogens (tertiary/aromatic N) is 1. The summed E-state index contributed by atoms with van der Waals surface area (Å²) in [5.41, 5.74) is 3.78. The Morgan fingerprint density at radius 2 is 1.61 bits per heavy atom. The predicted octanol–water partition coefficient (Wildman–Crippen LogP) is 4.58. The number of rotatable bonds is 2. The van der Waals surface area contributed by atoms with E-state index in [0.717, 1.165) is 0 Å². The van der Waals surface area contributed by atoms with Crippen LogP contribution in [-0.4, -0.2) is 4.57 Å². The molecule has 3 rings (SSSR count). The third-order valence-electron chi connectivity index (χ3n) is 3.17. The molecule has 0 fully saturated rings. The van der Waals surface area contributed by atoms with Gasteiger partial charge >= 0.3 is 0 Å². The van der Waals surface area contributed by atoms with Crippen molar-refractivity contribution in [1.82, 2.24) is 4.57 Å². The summed E-state index contributed by atoms with van der Waals surface area (Å²) in [7, 11) is 0. The van der Waals surface area contributed by atoms with Crippen LogP contribution in [0.1, 0.15) is 11.1 Å². The van der Waals surface area contributed by atoms with E-state index < -0.39 is 0 Å². The number of benzene rings is 2. The Kier molecular flexibility index (Phi) is 2.73. The van der Waals surface area contributed by atoms with E-state index in [1.165, 1.54) is 22.0 Å². The van der Waals surface area contributed by atoms with E-state index in [2.05, 4.69) is 78.5 Å². The molecule has 0 saturated carbocycles. The van der Waals surface area contributed by atoms with Gasteiger partial charge in [0.1, 0.15) is 0 Å². The van der Waals surface area contributed by atoms with Crippen LogP contribution in [0.15, 0.2) is 60.8 Å². The maximum absolute atomic E-state index is 2.18. The Hall–Kier alpha value is -2.28. The Balaban J connectivity index is 2.03. The minimum atomic E-state index is 1.22. The predicted molar refractivity (Wildman–Crippen MR) is 78.3 cm³/mol. The van der Waals surface area contributed by atoms with Crippen molar-refractivity contribution in [3.8, 4) is 0 Å². The van der Waals surface area contributed by atoms with Crippen LogP contribution in [0, 0.1) is 6.92 Å². The summed E-state index contributed by atoms with van der Waals surface area (Å²) in [6, 6.07) is 18.8. The van der Waals surface area contributed by atoms with Crippen LogP contribution in [0.5, 0.6) is 0 Å². The van der Waals surface area contributed by atoms with Crippen molar-refractivity contribution in [1.29, 1.82) is 0 Å². The second kappa shape index (κ2) is 4.53. The number of aryl methyl sites for hydroxylation is 1. The van der Waals surface area contributed by atoms with Crippen molar-refractivity contribution in [3.63, 3.8) is 0 Å². The van der Waals surface area contributed by atoms with Crippen LogP contribution in [-0.2, 0) is 0 Å². The molecule has 0 saturated heterocycles. The summed E-state index contributed by atoms with van der Waals surface area (Å²) in [5.74, 6) is 0. The molecule has 0 radical (unpaired) electrons. The van der Waals surface area contributed by atoms with Crippen molar-refractivity contribution >= 4 is 23.2 Å². The van der Waals surface area contributed by atoms with Gasteiger partial charge in [0.05, 0.1) is 5.52 Å². The highest BCUT2D eigenvalue weighted by molar-refractivity contribution is 5.86. The molecule has 3 aromatic rings. The van der Waals surface area contributed by atoms with Gasteiger partial charge in [-0.1, -0.05) is 48.5 Å². The highest BCUT2D eigenvalue weighted by Gasteiger charge is 2.01. The number of fused-ring (bicyclic) bond motifs is 1. The molecule has 0 aliphatic heterocycles. The summed E-state index contributed by atoms with van der Waals surface area (Å²) < 4.78 is 2.18. The van der Waals surface area contributed by atoms with Gasteiger partial charge in [0, 0.05) is 17.8 Å². The van der Waals surface area contributed by atoms with E-state index in [4.69, 9.17) is 0 Å². The van der Waals surface area contributed by atoms with Gasteiger partial charge < -0.3 is 4.57 Å². The fourth-order valence-electron chi connectivity index (χ4n) is 2.23. The van der Waals surface area contributed by atoms with Crippen LogP contribution in [0.2, 0.25) is 0 Å². The number of hydrogen-bond donors (Lipinski definition) is 0. The van der Waals surface area contributed by atoms with Crippen LogP contribution < -0.4 is 0 Å². The molecule has 88 valence electrons. The first-order chi connectivity index (χ1) is 8.84. The zero-order valence-corrected chi connectivity index (χ0v) is 10.4. The Morgan fingerprint density at radius 1 is 0.889 bits per heavy atom. The Bertz CT molecular complexity index is 690. The lowest BCUT2D eigenvalue weighted by molar-refractivity contribution is 1.22. The average Bonchev–Trinajstić information content (AvgIpc) is 2.75. The van der Waals surface area contributed by atoms with E-state index >= 15 is 0 Å². The second-order valence-electron chi connectivity index (χ2n) is 4.46. The highest BCUT2D eigenvalue weighted by Crippen LogP contribution is 2.20. The zero-order chi connectivity index (χ0) is 12.4. The topological polar surface area (TPSA) is 4.93 Å². The van der Waals surface area contributed by atoms with E-state index in [-0.39, 0.29) is 0 Å². The smallest absolute Gasteiger partial charge is 0.0525 e. The summed E-state index contributed by atoms with van der Waals surface area (Å²) in [5, 5.41) is 1.32. The lowest BCUT2D eigenvalue weighted by Gasteiger charge is -1.97. The molecule has 18 heavy (non-hydrogen) atoms. The van der Waals surface area contributed by atoms with Crippen molar-refractivity contribution in [2.24, 2.45) is 0 Å². The van der Waals surface area contributed by atoms with Gasteiger partial charge in [-0.05, 0) is 30.2 Å². The maximum Gasteiger partial charge on any atom is 0.0525 e. The van der Waals surface area contributed by atoms with Crippen molar-refractivity contribution in [2.75, 3.05) is 0 Å². The van der Waals surface area contributed by atoms with Crippen LogP contribution in [0.4, 0.5) is 0 Å². The van der Waals surface area contributed by atoms with E-state index in [9.17, 15) is 0 Å². The molecule has 0 unspecified atom stereocenters. The molecule has 0 spiro atoms. The van der Waals surface area contributed by atoms with Crippen LogP contribution in [0.3, 0.4) is 0 Å². The normalized spacial score (nSPS) is 11.4.